The van der Waals surface area contributed by atoms with Crippen LogP contribution in [0, 0.1) is 0 Å². The Hall–Kier alpha value is -3.79. The second-order valence-electron chi connectivity index (χ2n) is 7.80. The van der Waals surface area contributed by atoms with Gasteiger partial charge in [0.15, 0.2) is 0 Å². The van der Waals surface area contributed by atoms with E-state index < -0.39 is 0 Å². The smallest absolute Gasteiger partial charge is 0.231 e. The van der Waals surface area contributed by atoms with Crippen molar-refractivity contribution in [1.82, 2.24) is 0 Å². The zero-order valence-electron chi connectivity index (χ0n) is 18.4. The summed E-state index contributed by atoms with van der Waals surface area (Å²) in [5, 5.41) is 5.18. The summed E-state index contributed by atoms with van der Waals surface area (Å²) in [7, 11) is 1.66. The summed E-state index contributed by atoms with van der Waals surface area (Å²) in [5.41, 5.74) is 2.93. The molecule has 1 amide bonds. The van der Waals surface area contributed by atoms with Gasteiger partial charge in [-0.1, -0.05) is 60.7 Å². The highest BCUT2D eigenvalue weighted by Gasteiger charge is 2.16. The van der Waals surface area contributed by atoms with Gasteiger partial charge in [0.2, 0.25) is 5.91 Å². The van der Waals surface area contributed by atoms with Crippen LogP contribution in [0.5, 0.6) is 11.5 Å². The van der Waals surface area contributed by atoms with Crippen molar-refractivity contribution >= 4 is 22.4 Å². The minimum Gasteiger partial charge on any atom is -0.497 e. The Balaban J connectivity index is 1.38. The van der Waals surface area contributed by atoms with Crippen molar-refractivity contribution in [3.8, 4) is 11.5 Å². The van der Waals surface area contributed by atoms with Crippen molar-refractivity contribution in [3.05, 3.63) is 102 Å². The minimum absolute atomic E-state index is 0.0562. The highest BCUT2D eigenvalue weighted by molar-refractivity contribution is 5.96. The monoisotopic (exact) mass is 425 g/mol. The topological polar surface area (TPSA) is 47.6 Å². The number of fused-ring (bicyclic) bond motifs is 1. The molecule has 0 bridgehead atoms. The van der Waals surface area contributed by atoms with Gasteiger partial charge >= 0.3 is 0 Å². The molecule has 0 heterocycles. The highest BCUT2D eigenvalue weighted by atomic mass is 16.5. The molecule has 0 unspecified atom stereocenters. The van der Waals surface area contributed by atoms with E-state index in [9.17, 15) is 4.79 Å². The average molecular weight is 426 g/mol. The van der Waals surface area contributed by atoms with Gasteiger partial charge in [0, 0.05) is 18.2 Å². The SMILES string of the molecule is COc1ccc2cc([C@H](C)C(=O)Nc3cccc(OCCc4ccccc4)c3)ccc2c1. The second-order valence-corrected chi connectivity index (χ2v) is 7.80. The molecule has 0 spiro atoms. The number of hydrogen-bond acceptors (Lipinski definition) is 3. The molecule has 0 aliphatic rings. The number of rotatable bonds is 8. The Kier molecular flexibility index (Phi) is 6.71. The number of benzene rings is 4. The first kappa shape index (κ1) is 21.4. The number of methoxy groups -OCH3 is 1. The van der Waals surface area contributed by atoms with E-state index in [1.54, 1.807) is 7.11 Å². The number of hydrogen-bond donors (Lipinski definition) is 1. The molecule has 0 aromatic heterocycles. The Morgan fingerprint density at radius 3 is 2.44 bits per heavy atom. The van der Waals surface area contributed by atoms with Crippen LogP contribution in [-0.2, 0) is 11.2 Å². The van der Waals surface area contributed by atoms with E-state index in [4.69, 9.17) is 9.47 Å². The summed E-state index contributed by atoms with van der Waals surface area (Å²) >= 11 is 0. The summed E-state index contributed by atoms with van der Waals surface area (Å²) in [6.07, 6.45) is 0.836. The van der Waals surface area contributed by atoms with Gasteiger partial charge in [-0.05, 0) is 53.1 Å². The lowest BCUT2D eigenvalue weighted by Gasteiger charge is -2.14. The predicted octanol–water partition coefficient (Wildman–Crippen LogP) is 6.21. The molecule has 0 saturated carbocycles. The maximum absolute atomic E-state index is 12.9. The molecule has 0 aliphatic carbocycles. The molecule has 4 heteroatoms. The van der Waals surface area contributed by atoms with E-state index in [1.807, 2.05) is 79.7 Å². The number of ether oxygens (including phenoxy) is 2. The van der Waals surface area contributed by atoms with Gasteiger partial charge in [0.25, 0.3) is 0 Å². The standard InChI is InChI=1S/C28H27NO3/c1-20(22-11-12-24-18-26(31-2)14-13-23(24)17-22)28(30)29-25-9-6-10-27(19-25)32-16-15-21-7-4-3-5-8-21/h3-14,17-20H,15-16H2,1-2H3,(H,29,30)/t20-/m0/s1. The van der Waals surface area contributed by atoms with Crippen LogP contribution in [0.3, 0.4) is 0 Å². The number of carbonyl (C=O) groups excluding carboxylic acids is 1. The van der Waals surface area contributed by atoms with Crippen molar-refractivity contribution in [2.24, 2.45) is 0 Å². The summed E-state index contributed by atoms with van der Waals surface area (Å²) in [5.74, 6) is 1.22. The molecule has 4 aromatic rings. The summed E-state index contributed by atoms with van der Waals surface area (Å²) in [4.78, 5) is 12.9. The fraction of sp³-hybridized carbons (Fsp3) is 0.179. The Morgan fingerprint density at radius 2 is 1.62 bits per heavy atom. The molecule has 1 N–H and O–H groups in total. The molecule has 1 atom stereocenters. The lowest BCUT2D eigenvalue weighted by molar-refractivity contribution is -0.117. The quantitative estimate of drug-likeness (QED) is 0.365. The normalized spacial score (nSPS) is 11.7. The van der Waals surface area contributed by atoms with Gasteiger partial charge < -0.3 is 14.8 Å². The van der Waals surface area contributed by atoms with Crippen molar-refractivity contribution < 1.29 is 14.3 Å². The van der Waals surface area contributed by atoms with Crippen molar-refractivity contribution in [2.45, 2.75) is 19.3 Å². The van der Waals surface area contributed by atoms with Gasteiger partial charge in [0.05, 0.1) is 19.6 Å². The molecular weight excluding hydrogens is 398 g/mol. The number of amides is 1. The number of nitrogens with one attached hydrogen (secondary N) is 1. The largest absolute Gasteiger partial charge is 0.497 e. The Bertz CT molecular complexity index is 1200. The third kappa shape index (κ3) is 5.27. The lowest BCUT2D eigenvalue weighted by Crippen LogP contribution is -2.18. The maximum Gasteiger partial charge on any atom is 0.231 e. The van der Waals surface area contributed by atoms with E-state index >= 15 is 0 Å². The molecule has 4 aromatic carbocycles. The van der Waals surface area contributed by atoms with Crippen LogP contribution >= 0.6 is 0 Å². The van der Waals surface area contributed by atoms with Crippen LogP contribution in [0.15, 0.2) is 91.0 Å². The van der Waals surface area contributed by atoms with Crippen molar-refractivity contribution in [1.29, 1.82) is 0 Å². The fourth-order valence-corrected chi connectivity index (χ4v) is 3.64. The highest BCUT2D eigenvalue weighted by Crippen LogP contribution is 2.26. The Morgan fingerprint density at radius 1 is 0.844 bits per heavy atom. The van der Waals surface area contributed by atoms with Gasteiger partial charge in [-0.15, -0.1) is 0 Å². The van der Waals surface area contributed by atoms with Crippen molar-refractivity contribution in [3.63, 3.8) is 0 Å². The predicted molar refractivity (Wildman–Crippen MR) is 130 cm³/mol. The fourth-order valence-electron chi connectivity index (χ4n) is 3.64. The number of carbonyl (C=O) groups is 1. The molecule has 0 saturated heterocycles. The van der Waals surface area contributed by atoms with E-state index in [1.165, 1.54) is 5.56 Å². The first-order valence-corrected chi connectivity index (χ1v) is 10.8. The molecule has 0 fully saturated rings. The number of anilines is 1. The van der Waals surface area contributed by atoms with Crippen LogP contribution < -0.4 is 14.8 Å². The second kappa shape index (κ2) is 10.0. The zero-order valence-corrected chi connectivity index (χ0v) is 18.4. The third-order valence-corrected chi connectivity index (χ3v) is 5.57. The van der Waals surface area contributed by atoms with Gasteiger partial charge in [-0.2, -0.15) is 0 Å². The molecule has 0 radical (unpaired) electrons. The van der Waals surface area contributed by atoms with E-state index in [0.717, 1.165) is 39.9 Å². The molecular formula is C28H27NO3. The van der Waals surface area contributed by atoms with Gasteiger partial charge in [-0.3, -0.25) is 4.79 Å². The van der Waals surface area contributed by atoms with Crippen LogP contribution in [0.4, 0.5) is 5.69 Å². The molecule has 162 valence electrons. The molecule has 32 heavy (non-hydrogen) atoms. The first-order chi connectivity index (χ1) is 15.6. The van der Waals surface area contributed by atoms with Crippen LogP contribution in [-0.4, -0.2) is 19.6 Å². The molecule has 0 aliphatic heterocycles. The summed E-state index contributed by atoms with van der Waals surface area (Å²) in [6.45, 7) is 2.50. The zero-order chi connectivity index (χ0) is 22.3. The van der Waals surface area contributed by atoms with E-state index in [2.05, 4.69) is 23.5 Å². The first-order valence-electron chi connectivity index (χ1n) is 10.8. The molecule has 4 rings (SSSR count). The van der Waals surface area contributed by atoms with Crippen LogP contribution in [0.1, 0.15) is 24.0 Å². The lowest BCUT2D eigenvalue weighted by atomic mass is 9.97. The summed E-state index contributed by atoms with van der Waals surface area (Å²) in [6, 6.07) is 29.8. The van der Waals surface area contributed by atoms with Crippen LogP contribution in [0.25, 0.3) is 10.8 Å². The van der Waals surface area contributed by atoms with Crippen LogP contribution in [0.2, 0.25) is 0 Å². The van der Waals surface area contributed by atoms with Gasteiger partial charge in [0.1, 0.15) is 11.5 Å². The maximum atomic E-state index is 12.9. The van der Waals surface area contributed by atoms with Crippen molar-refractivity contribution in [2.75, 3.05) is 19.0 Å². The van der Waals surface area contributed by atoms with E-state index in [0.29, 0.717) is 6.61 Å². The van der Waals surface area contributed by atoms with Gasteiger partial charge in [-0.25, -0.2) is 0 Å². The third-order valence-electron chi connectivity index (χ3n) is 5.57. The Labute approximate surface area is 188 Å². The summed E-state index contributed by atoms with van der Waals surface area (Å²) < 4.78 is 11.2. The average Bonchev–Trinajstić information content (AvgIpc) is 2.83. The van der Waals surface area contributed by atoms with E-state index in [-0.39, 0.29) is 11.8 Å². The molecule has 4 nitrogen and oxygen atoms in total. The minimum atomic E-state index is -0.288.